The van der Waals surface area contributed by atoms with Crippen LogP contribution >= 0.6 is 0 Å². The van der Waals surface area contributed by atoms with E-state index < -0.39 is 17.7 Å². The van der Waals surface area contributed by atoms with Gasteiger partial charge in [0.1, 0.15) is 6.33 Å². The number of likely N-dealkylation sites (tertiary alicyclic amines) is 2. The zero-order chi connectivity index (χ0) is 16.9. The van der Waals surface area contributed by atoms with Crippen LogP contribution in [0.5, 0.6) is 0 Å². The third-order valence-corrected chi connectivity index (χ3v) is 5.71. The van der Waals surface area contributed by atoms with Gasteiger partial charge in [0.15, 0.2) is 5.67 Å². The van der Waals surface area contributed by atoms with Gasteiger partial charge in [0.25, 0.3) is 5.91 Å². The third kappa shape index (κ3) is 2.29. The van der Waals surface area contributed by atoms with E-state index in [0.29, 0.717) is 26.1 Å². The van der Waals surface area contributed by atoms with Gasteiger partial charge in [-0.2, -0.15) is 5.10 Å². The topological polar surface area (TPSA) is 102 Å². The van der Waals surface area contributed by atoms with E-state index in [0.717, 1.165) is 6.42 Å². The fourth-order valence-electron chi connectivity index (χ4n) is 4.08. The van der Waals surface area contributed by atoms with Crippen LogP contribution in [0.15, 0.2) is 6.33 Å². The lowest BCUT2D eigenvalue weighted by molar-refractivity contribution is -0.138. The molecule has 1 saturated carbocycles. The molecule has 1 aromatic rings. The molecule has 3 heterocycles. The normalized spacial score (nSPS) is 35.0. The minimum Gasteiger partial charge on any atom is -0.393 e. The van der Waals surface area contributed by atoms with E-state index in [1.54, 1.807) is 9.80 Å². The van der Waals surface area contributed by atoms with Gasteiger partial charge >= 0.3 is 0 Å². The van der Waals surface area contributed by atoms with Crippen molar-refractivity contribution < 1.29 is 19.1 Å². The van der Waals surface area contributed by atoms with Gasteiger partial charge in [0.2, 0.25) is 11.7 Å². The maximum Gasteiger partial charge on any atom is 0.291 e. The minimum atomic E-state index is -1.67. The van der Waals surface area contributed by atoms with Crippen molar-refractivity contribution in [2.24, 2.45) is 11.3 Å². The Morgan fingerprint density at radius 1 is 1.38 bits per heavy atom. The van der Waals surface area contributed by atoms with Crippen LogP contribution in [0.3, 0.4) is 0 Å². The molecule has 9 heteroatoms. The number of hydrogen-bond donors (Lipinski definition) is 2. The Hall–Kier alpha value is -2.03. The molecule has 0 radical (unpaired) electrons. The van der Waals surface area contributed by atoms with Gasteiger partial charge in [-0.3, -0.25) is 14.7 Å². The first kappa shape index (κ1) is 15.5. The Kier molecular flexibility index (Phi) is 3.38. The number of H-pyrrole nitrogens is 1. The van der Waals surface area contributed by atoms with E-state index in [1.807, 2.05) is 0 Å². The molecule has 1 aliphatic carbocycles. The molecule has 3 aliphatic rings. The summed E-state index contributed by atoms with van der Waals surface area (Å²) in [6.45, 7) is 0.769. The Morgan fingerprint density at radius 3 is 2.79 bits per heavy atom. The number of hydrogen-bond acceptors (Lipinski definition) is 5. The number of alkyl halides is 1. The molecular weight excluding hydrogens is 317 g/mol. The van der Waals surface area contributed by atoms with Crippen molar-refractivity contribution in [1.29, 1.82) is 0 Å². The average molecular weight is 337 g/mol. The van der Waals surface area contributed by atoms with E-state index in [9.17, 15) is 14.0 Å². The van der Waals surface area contributed by atoms with Gasteiger partial charge in [0.05, 0.1) is 18.6 Å². The molecule has 0 bridgehead atoms. The smallest absolute Gasteiger partial charge is 0.291 e. The summed E-state index contributed by atoms with van der Waals surface area (Å²) in [6, 6.07) is 0. The quantitative estimate of drug-likeness (QED) is 0.781. The molecule has 24 heavy (non-hydrogen) atoms. The van der Waals surface area contributed by atoms with E-state index in [4.69, 9.17) is 5.11 Å². The lowest BCUT2D eigenvalue weighted by Gasteiger charge is -2.32. The van der Waals surface area contributed by atoms with Crippen molar-refractivity contribution in [2.45, 2.75) is 24.9 Å². The summed E-state index contributed by atoms with van der Waals surface area (Å²) >= 11 is 0. The summed E-state index contributed by atoms with van der Waals surface area (Å²) in [4.78, 5) is 32.2. The fraction of sp³-hybridized carbons (Fsp3) is 0.733. The van der Waals surface area contributed by atoms with Crippen molar-refractivity contribution in [3.63, 3.8) is 0 Å². The van der Waals surface area contributed by atoms with Crippen LogP contribution in [-0.2, 0) is 4.79 Å². The largest absolute Gasteiger partial charge is 0.393 e. The molecule has 2 N–H and O–H groups in total. The summed E-state index contributed by atoms with van der Waals surface area (Å²) in [5.74, 6) is 0.102. The Balaban J connectivity index is 1.40. The number of aromatic nitrogens is 3. The van der Waals surface area contributed by atoms with Crippen molar-refractivity contribution >= 4 is 11.8 Å². The lowest BCUT2D eigenvalue weighted by atomic mass is 9.93. The first-order valence-corrected chi connectivity index (χ1v) is 8.21. The van der Waals surface area contributed by atoms with E-state index in [1.165, 1.54) is 6.33 Å². The summed E-state index contributed by atoms with van der Waals surface area (Å²) in [5, 5.41) is 15.4. The molecule has 2 saturated heterocycles. The van der Waals surface area contributed by atoms with Crippen LogP contribution in [0, 0.1) is 11.3 Å². The standard InChI is InChI=1S/C15H20FN5O3/c16-14(8-22)1-3-21(7-14)13(24)15-2-4-20(6-10(15)5-15)12(23)11-17-9-18-19-11/h9-10,22H,1-8H2,(H,17,18,19)/t10-,14-,15-/m0/s1. The summed E-state index contributed by atoms with van der Waals surface area (Å²) < 4.78 is 14.2. The van der Waals surface area contributed by atoms with Crippen LogP contribution in [0.2, 0.25) is 0 Å². The maximum atomic E-state index is 14.2. The Morgan fingerprint density at radius 2 is 2.17 bits per heavy atom. The first-order valence-electron chi connectivity index (χ1n) is 8.21. The fourth-order valence-corrected chi connectivity index (χ4v) is 4.08. The molecule has 2 aliphatic heterocycles. The second-order valence-electron chi connectivity index (χ2n) is 7.18. The highest BCUT2D eigenvalue weighted by Crippen LogP contribution is 2.59. The lowest BCUT2D eigenvalue weighted by Crippen LogP contribution is -2.46. The van der Waals surface area contributed by atoms with Gasteiger partial charge in [-0.25, -0.2) is 9.37 Å². The molecule has 130 valence electrons. The second-order valence-corrected chi connectivity index (χ2v) is 7.18. The number of rotatable bonds is 3. The minimum absolute atomic E-state index is 0.0211. The molecule has 2 amide bonds. The molecule has 3 atom stereocenters. The van der Waals surface area contributed by atoms with Gasteiger partial charge in [-0.15, -0.1) is 0 Å². The Bertz CT molecular complexity index is 668. The van der Waals surface area contributed by atoms with Crippen LogP contribution in [-0.4, -0.2) is 80.4 Å². The van der Waals surface area contributed by atoms with Gasteiger partial charge < -0.3 is 14.9 Å². The van der Waals surface area contributed by atoms with Crippen molar-refractivity contribution in [2.75, 3.05) is 32.8 Å². The Labute approximate surface area is 138 Å². The van der Waals surface area contributed by atoms with E-state index in [-0.39, 0.29) is 36.5 Å². The molecule has 0 unspecified atom stereocenters. The molecule has 3 fully saturated rings. The van der Waals surface area contributed by atoms with Crippen molar-refractivity contribution in [1.82, 2.24) is 25.0 Å². The highest BCUT2D eigenvalue weighted by molar-refractivity contribution is 5.91. The molecule has 4 rings (SSSR count). The second kappa shape index (κ2) is 5.23. The molecule has 1 aromatic heterocycles. The van der Waals surface area contributed by atoms with Crippen molar-refractivity contribution in [3.05, 3.63) is 12.2 Å². The highest BCUT2D eigenvalue weighted by atomic mass is 19.1. The summed E-state index contributed by atoms with van der Waals surface area (Å²) in [6.07, 6.45) is 2.80. The summed E-state index contributed by atoms with van der Waals surface area (Å²) in [7, 11) is 0. The number of halogens is 1. The van der Waals surface area contributed by atoms with E-state index in [2.05, 4.69) is 15.2 Å². The van der Waals surface area contributed by atoms with Crippen molar-refractivity contribution in [3.8, 4) is 0 Å². The van der Waals surface area contributed by atoms with E-state index >= 15 is 0 Å². The van der Waals surface area contributed by atoms with Crippen LogP contribution in [0.25, 0.3) is 0 Å². The molecule has 8 nitrogen and oxygen atoms in total. The number of aromatic amines is 1. The summed E-state index contributed by atoms with van der Waals surface area (Å²) in [5.41, 5.74) is -2.11. The monoisotopic (exact) mass is 337 g/mol. The number of amides is 2. The number of nitrogens with one attached hydrogen (secondary N) is 1. The predicted molar refractivity (Wildman–Crippen MR) is 79.6 cm³/mol. The number of carbonyl (C=O) groups is 2. The number of fused-ring (bicyclic) bond motifs is 1. The number of aliphatic hydroxyl groups excluding tert-OH is 1. The average Bonchev–Trinajstić information content (AvgIpc) is 2.93. The predicted octanol–water partition coefficient (Wildman–Crippen LogP) is -0.410. The number of nitrogens with zero attached hydrogens (tertiary/aromatic N) is 4. The number of carbonyl (C=O) groups excluding carboxylic acids is 2. The first-order chi connectivity index (χ1) is 11.5. The molecule has 0 spiro atoms. The zero-order valence-corrected chi connectivity index (χ0v) is 13.2. The van der Waals surface area contributed by atoms with Crippen LogP contribution in [0.4, 0.5) is 4.39 Å². The SMILES string of the molecule is O=C(c1ncn[nH]1)N1CC[C@]2(C(=O)N3CC[C@@](F)(CO)C3)C[C@H]2C1. The third-order valence-electron chi connectivity index (χ3n) is 5.71. The highest BCUT2D eigenvalue weighted by Gasteiger charge is 2.64. The zero-order valence-electron chi connectivity index (χ0n) is 13.2. The maximum absolute atomic E-state index is 14.2. The van der Waals surface area contributed by atoms with Crippen LogP contribution < -0.4 is 0 Å². The van der Waals surface area contributed by atoms with Gasteiger partial charge in [-0.05, 0) is 18.8 Å². The molecule has 0 aromatic carbocycles. The van der Waals surface area contributed by atoms with Gasteiger partial charge in [0, 0.05) is 26.1 Å². The number of piperidine rings is 1. The number of aliphatic hydroxyl groups is 1. The van der Waals surface area contributed by atoms with Crippen LogP contribution in [0.1, 0.15) is 29.9 Å². The molecular formula is C15H20FN5O3. The van der Waals surface area contributed by atoms with Gasteiger partial charge in [-0.1, -0.05) is 0 Å².